The van der Waals surface area contributed by atoms with Gasteiger partial charge in [-0.25, -0.2) is 0 Å². The molecular weight excluding hydrogens is 422 g/mol. The van der Waals surface area contributed by atoms with Crippen molar-refractivity contribution in [2.45, 2.75) is 26.9 Å². The summed E-state index contributed by atoms with van der Waals surface area (Å²) in [6.07, 6.45) is 0.0145. The zero-order valence-corrected chi connectivity index (χ0v) is 19.0. The molecule has 0 saturated heterocycles. The molecule has 0 radical (unpaired) electrons. The van der Waals surface area contributed by atoms with Crippen LogP contribution >= 0.6 is 12.2 Å². The number of thiocarbonyl (C=S) groups is 1. The maximum absolute atomic E-state index is 12.5. The van der Waals surface area contributed by atoms with Gasteiger partial charge >= 0.3 is 0 Å². The molecule has 0 bridgehead atoms. The molecule has 2 amide bonds. The summed E-state index contributed by atoms with van der Waals surface area (Å²) in [5.41, 5.74) is 3.40. The lowest BCUT2D eigenvalue weighted by Crippen LogP contribution is -2.34. The van der Waals surface area contributed by atoms with Crippen LogP contribution in [0.4, 0.5) is 11.4 Å². The van der Waals surface area contributed by atoms with Gasteiger partial charge in [0.2, 0.25) is 0 Å². The van der Waals surface area contributed by atoms with Crippen LogP contribution in [0.5, 0.6) is 5.75 Å². The molecule has 0 aromatic heterocycles. The molecule has 164 valence electrons. The maximum Gasteiger partial charge on any atom is 0.257 e. The van der Waals surface area contributed by atoms with Crippen LogP contribution in [0.2, 0.25) is 0 Å². The molecule has 0 atom stereocenters. The molecule has 0 fully saturated rings. The van der Waals surface area contributed by atoms with E-state index in [0.717, 1.165) is 5.56 Å². The van der Waals surface area contributed by atoms with Crippen molar-refractivity contribution in [2.24, 2.45) is 0 Å². The fourth-order valence-corrected chi connectivity index (χ4v) is 3.16. The smallest absolute Gasteiger partial charge is 0.257 e. The van der Waals surface area contributed by atoms with Crippen molar-refractivity contribution in [3.63, 3.8) is 0 Å². The Hall–Kier alpha value is -3.71. The van der Waals surface area contributed by atoms with Crippen molar-refractivity contribution in [1.82, 2.24) is 5.32 Å². The van der Waals surface area contributed by atoms with E-state index in [0.29, 0.717) is 28.3 Å². The van der Waals surface area contributed by atoms with Crippen LogP contribution in [-0.2, 0) is 0 Å². The summed E-state index contributed by atoms with van der Waals surface area (Å²) in [6.45, 7) is 5.78. The normalized spacial score (nSPS) is 10.4. The number of ether oxygens (including phenoxy) is 1. The van der Waals surface area contributed by atoms with Crippen molar-refractivity contribution in [1.29, 1.82) is 0 Å². The van der Waals surface area contributed by atoms with E-state index in [-0.39, 0.29) is 23.0 Å². The first kappa shape index (κ1) is 23.0. The molecule has 3 aromatic carbocycles. The Morgan fingerprint density at radius 3 is 2.03 bits per heavy atom. The van der Waals surface area contributed by atoms with Crippen molar-refractivity contribution < 1.29 is 14.3 Å². The second-order valence-corrected chi connectivity index (χ2v) is 7.91. The lowest BCUT2D eigenvalue weighted by molar-refractivity contribution is 0.0975. The first-order chi connectivity index (χ1) is 15.3. The molecule has 0 aliphatic heterocycles. The molecule has 32 heavy (non-hydrogen) atoms. The molecule has 6 nitrogen and oxygen atoms in total. The second kappa shape index (κ2) is 10.5. The van der Waals surface area contributed by atoms with Crippen LogP contribution in [0, 0.1) is 6.92 Å². The fraction of sp³-hybridized carbons (Fsp3) is 0.160. The Kier molecular flexibility index (Phi) is 7.57. The predicted molar refractivity (Wildman–Crippen MR) is 131 cm³/mol. The van der Waals surface area contributed by atoms with E-state index in [4.69, 9.17) is 17.0 Å². The SMILES string of the molecule is Cc1cccc(C(=O)Nc2ccc(NC(=S)NC(=O)c3cccc(OC(C)C)c3)cc2)c1. The van der Waals surface area contributed by atoms with Crippen molar-refractivity contribution in [3.8, 4) is 5.75 Å². The van der Waals surface area contributed by atoms with Gasteiger partial charge in [0.15, 0.2) is 5.11 Å². The average molecular weight is 448 g/mol. The number of hydrogen-bond acceptors (Lipinski definition) is 4. The highest BCUT2D eigenvalue weighted by Gasteiger charge is 2.10. The van der Waals surface area contributed by atoms with Crippen LogP contribution in [-0.4, -0.2) is 23.0 Å². The van der Waals surface area contributed by atoms with Crippen LogP contribution in [0.25, 0.3) is 0 Å². The molecule has 0 spiro atoms. The highest BCUT2D eigenvalue weighted by atomic mass is 32.1. The van der Waals surface area contributed by atoms with Gasteiger partial charge in [0.05, 0.1) is 6.10 Å². The van der Waals surface area contributed by atoms with Crippen molar-refractivity contribution >= 4 is 40.5 Å². The first-order valence-corrected chi connectivity index (χ1v) is 10.6. The van der Waals surface area contributed by atoms with Crippen molar-refractivity contribution in [3.05, 3.63) is 89.5 Å². The summed E-state index contributed by atoms with van der Waals surface area (Å²) >= 11 is 5.25. The summed E-state index contributed by atoms with van der Waals surface area (Å²) in [4.78, 5) is 24.8. The zero-order chi connectivity index (χ0) is 23.1. The molecule has 0 aliphatic carbocycles. The minimum absolute atomic E-state index is 0.0145. The number of carbonyl (C=O) groups excluding carboxylic acids is 2. The van der Waals surface area contributed by atoms with E-state index in [2.05, 4.69) is 16.0 Å². The molecule has 3 N–H and O–H groups in total. The van der Waals surface area contributed by atoms with Gasteiger partial charge in [-0.1, -0.05) is 23.8 Å². The third kappa shape index (κ3) is 6.65. The summed E-state index contributed by atoms with van der Waals surface area (Å²) < 4.78 is 5.62. The molecule has 7 heteroatoms. The number of aryl methyl sites for hydroxylation is 1. The number of hydrogen-bond donors (Lipinski definition) is 3. The molecule has 0 aliphatic rings. The Balaban J connectivity index is 1.55. The number of amides is 2. The van der Waals surface area contributed by atoms with E-state index in [1.807, 2.05) is 39.0 Å². The third-order valence-electron chi connectivity index (χ3n) is 4.38. The van der Waals surface area contributed by atoms with Gasteiger partial charge < -0.3 is 15.4 Å². The summed E-state index contributed by atoms with van der Waals surface area (Å²) in [7, 11) is 0. The Bertz CT molecular complexity index is 1130. The van der Waals surface area contributed by atoms with Crippen LogP contribution in [0.1, 0.15) is 40.1 Å². The number of carbonyl (C=O) groups is 2. The summed E-state index contributed by atoms with van der Waals surface area (Å²) in [6, 6.07) is 21.3. The van der Waals surface area contributed by atoms with E-state index in [1.165, 1.54) is 0 Å². The quantitative estimate of drug-likeness (QED) is 0.455. The van der Waals surface area contributed by atoms with Gasteiger partial charge in [0.1, 0.15) is 5.75 Å². The van der Waals surface area contributed by atoms with Gasteiger partial charge in [-0.2, -0.15) is 0 Å². The van der Waals surface area contributed by atoms with E-state index in [1.54, 1.807) is 54.6 Å². The monoisotopic (exact) mass is 447 g/mol. The Labute approximate surface area is 193 Å². The third-order valence-corrected chi connectivity index (χ3v) is 4.58. The highest BCUT2D eigenvalue weighted by Crippen LogP contribution is 2.17. The molecule has 3 rings (SSSR count). The molecule has 0 saturated carbocycles. The molecular formula is C25H25N3O3S. The average Bonchev–Trinajstić information content (AvgIpc) is 2.74. The van der Waals surface area contributed by atoms with Gasteiger partial charge in [0, 0.05) is 22.5 Å². The molecule has 0 heterocycles. The number of nitrogens with one attached hydrogen (secondary N) is 3. The van der Waals surface area contributed by atoms with Crippen LogP contribution in [0.15, 0.2) is 72.8 Å². The van der Waals surface area contributed by atoms with E-state index < -0.39 is 0 Å². The minimum atomic E-state index is -0.334. The van der Waals surface area contributed by atoms with Crippen molar-refractivity contribution in [2.75, 3.05) is 10.6 Å². The number of anilines is 2. The predicted octanol–water partition coefficient (Wildman–Crippen LogP) is 5.16. The van der Waals surface area contributed by atoms with E-state index in [9.17, 15) is 9.59 Å². The fourth-order valence-electron chi connectivity index (χ4n) is 2.95. The first-order valence-electron chi connectivity index (χ1n) is 10.2. The lowest BCUT2D eigenvalue weighted by atomic mass is 10.1. The largest absolute Gasteiger partial charge is 0.491 e. The Morgan fingerprint density at radius 2 is 1.41 bits per heavy atom. The van der Waals surface area contributed by atoms with Crippen LogP contribution in [0.3, 0.4) is 0 Å². The number of rotatable bonds is 6. The number of benzene rings is 3. The summed E-state index contributed by atoms with van der Waals surface area (Å²) in [5.74, 6) is 0.106. The zero-order valence-electron chi connectivity index (χ0n) is 18.1. The van der Waals surface area contributed by atoms with E-state index >= 15 is 0 Å². The minimum Gasteiger partial charge on any atom is -0.491 e. The standard InChI is InChI=1S/C25H25N3O3S/c1-16(2)31-22-9-5-8-19(15-22)24(30)28-25(32)27-21-12-10-20(11-13-21)26-23(29)18-7-4-6-17(3)14-18/h4-16H,1-3H3,(H,26,29)(H2,27,28,30,32). The van der Waals surface area contributed by atoms with Gasteiger partial charge in [-0.15, -0.1) is 0 Å². The van der Waals surface area contributed by atoms with Gasteiger partial charge in [0.25, 0.3) is 11.8 Å². The Morgan fingerprint density at radius 1 is 0.812 bits per heavy atom. The van der Waals surface area contributed by atoms with Gasteiger partial charge in [-0.05, 0) is 87.6 Å². The van der Waals surface area contributed by atoms with Crippen LogP contribution < -0.4 is 20.7 Å². The lowest BCUT2D eigenvalue weighted by Gasteiger charge is -2.12. The molecule has 0 unspecified atom stereocenters. The second-order valence-electron chi connectivity index (χ2n) is 7.50. The maximum atomic E-state index is 12.5. The topological polar surface area (TPSA) is 79.5 Å². The summed E-state index contributed by atoms with van der Waals surface area (Å²) in [5, 5.41) is 8.65. The molecule has 3 aromatic rings. The van der Waals surface area contributed by atoms with Gasteiger partial charge in [-0.3, -0.25) is 14.9 Å². The highest BCUT2D eigenvalue weighted by molar-refractivity contribution is 7.80.